The van der Waals surface area contributed by atoms with E-state index in [1.807, 2.05) is 0 Å². The van der Waals surface area contributed by atoms with E-state index in [1.54, 1.807) is 0 Å². The van der Waals surface area contributed by atoms with Gasteiger partial charge < -0.3 is 10.8 Å². The van der Waals surface area contributed by atoms with Gasteiger partial charge in [-0.1, -0.05) is 29.6 Å². The average Bonchev–Trinajstić information content (AvgIpc) is 2.78. The first kappa shape index (κ1) is 12.0. The van der Waals surface area contributed by atoms with Crippen LogP contribution < -0.4 is 5.73 Å². The van der Waals surface area contributed by atoms with E-state index in [9.17, 15) is 4.79 Å². The summed E-state index contributed by atoms with van der Waals surface area (Å²) in [6.45, 7) is 0. The molecule has 1 fully saturated rings. The van der Waals surface area contributed by atoms with Gasteiger partial charge in [0.15, 0.2) is 0 Å². The number of carbonyl (C=O) groups is 1. The first-order valence-corrected chi connectivity index (χ1v) is 5.98. The summed E-state index contributed by atoms with van der Waals surface area (Å²) in [6, 6.07) is -0.941. The van der Waals surface area contributed by atoms with Gasteiger partial charge in [0.2, 0.25) is 0 Å². The molecule has 2 rings (SSSR count). The van der Waals surface area contributed by atoms with Gasteiger partial charge in [0.1, 0.15) is 17.4 Å². The minimum absolute atomic E-state index is 0.185. The van der Waals surface area contributed by atoms with Crippen LogP contribution in [0.1, 0.15) is 49.4 Å². The molecule has 1 aromatic heterocycles. The third-order valence-electron chi connectivity index (χ3n) is 3.31. The van der Waals surface area contributed by atoms with Gasteiger partial charge in [-0.25, -0.2) is 4.63 Å². The second-order valence-electron chi connectivity index (χ2n) is 4.58. The summed E-state index contributed by atoms with van der Waals surface area (Å²) in [5.74, 6) is -0.673. The highest BCUT2D eigenvalue weighted by atomic mass is 16.6. The minimum Gasteiger partial charge on any atom is -0.480 e. The summed E-state index contributed by atoms with van der Waals surface area (Å²) in [7, 11) is 0. The quantitative estimate of drug-likeness (QED) is 0.814. The summed E-state index contributed by atoms with van der Waals surface area (Å²) in [6.07, 6.45) is 5.95. The number of nitrogens with zero attached hydrogens (tertiary/aromatic N) is 2. The molecule has 3 N–H and O–H groups in total. The molecule has 0 spiro atoms. The number of nitrogens with two attached hydrogens (primary N) is 1. The number of hydrogen-bond acceptors (Lipinski definition) is 5. The minimum atomic E-state index is -1.03. The van der Waals surface area contributed by atoms with Crippen LogP contribution in [0.3, 0.4) is 0 Å². The van der Waals surface area contributed by atoms with Crippen molar-refractivity contribution in [2.45, 2.75) is 50.5 Å². The van der Waals surface area contributed by atoms with Gasteiger partial charge in [0.25, 0.3) is 0 Å². The summed E-state index contributed by atoms with van der Waals surface area (Å²) in [5, 5.41) is 16.5. The van der Waals surface area contributed by atoms with Gasteiger partial charge >= 0.3 is 5.97 Å². The third-order valence-corrected chi connectivity index (χ3v) is 3.31. The van der Waals surface area contributed by atoms with E-state index in [0.29, 0.717) is 11.6 Å². The first-order chi connectivity index (χ1) is 8.18. The van der Waals surface area contributed by atoms with Crippen LogP contribution in [0, 0.1) is 0 Å². The summed E-state index contributed by atoms with van der Waals surface area (Å²) < 4.78 is 4.73. The van der Waals surface area contributed by atoms with Crippen molar-refractivity contribution < 1.29 is 14.5 Å². The molecule has 94 valence electrons. The molecule has 0 aliphatic heterocycles. The van der Waals surface area contributed by atoms with Crippen molar-refractivity contribution in [3.63, 3.8) is 0 Å². The Morgan fingerprint density at radius 3 is 2.76 bits per heavy atom. The van der Waals surface area contributed by atoms with Crippen LogP contribution in [0.25, 0.3) is 0 Å². The van der Waals surface area contributed by atoms with E-state index >= 15 is 0 Å². The molecule has 1 saturated carbocycles. The summed E-state index contributed by atoms with van der Waals surface area (Å²) >= 11 is 0. The number of rotatable bonds is 4. The lowest BCUT2D eigenvalue weighted by molar-refractivity contribution is -0.138. The Morgan fingerprint density at radius 1 is 1.41 bits per heavy atom. The van der Waals surface area contributed by atoms with E-state index in [0.717, 1.165) is 18.5 Å². The van der Waals surface area contributed by atoms with Crippen molar-refractivity contribution in [3.05, 3.63) is 11.4 Å². The van der Waals surface area contributed by atoms with Crippen LogP contribution in [-0.4, -0.2) is 27.4 Å². The van der Waals surface area contributed by atoms with Gasteiger partial charge in [-0.05, 0) is 12.8 Å². The normalized spacial score (nSPS) is 19.1. The van der Waals surface area contributed by atoms with E-state index < -0.39 is 12.0 Å². The van der Waals surface area contributed by atoms with E-state index in [4.69, 9.17) is 15.5 Å². The molecule has 1 aliphatic rings. The van der Waals surface area contributed by atoms with E-state index in [1.165, 1.54) is 19.3 Å². The fourth-order valence-electron chi connectivity index (χ4n) is 2.34. The zero-order valence-corrected chi connectivity index (χ0v) is 9.63. The molecule has 1 aliphatic carbocycles. The van der Waals surface area contributed by atoms with E-state index in [2.05, 4.69) is 10.3 Å². The predicted octanol–water partition coefficient (Wildman–Crippen LogP) is 1.07. The van der Waals surface area contributed by atoms with Gasteiger partial charge in [0, 0.05) is 12.3 Å². The molecular weight excluding hydrogens is 222 g/mol. The van der Waals surface area contributed by atoms with Crippen molar-refractivity contribution in [2.75, 3.05) is 0 Å². The number of aliphatic carboxylic acids is 1. The van der Waals surface area contributed by atoms with Gasteiger partial charge in [-0.2, -0.15) is 0 Å². The molecule has 0 bridgehead atoms. The SMILES string of the molecule is NC(Cc1nonc1C1CCCCC1)C(=O)O. The van der Waals surface area contributed by atoms with Crippen LogP contribution in [-0.2, 0) is 11.2 Å². The highest BCUT2D eigenvalue weighted by Gasteiger charge is 2.25. The molecule has 1 atom stereocenters. The molecule has 1 unspecified atom stereocenters. The number of hydrogen-bond donors (Lipinski definition) is 2. The molecule has 1 heterocycles. The molecule has 0 amide bonds. The molecular formula is C11H17N3O3. The number of carboxylic acid groups (broad SMARTS) is 1. The van der Waals surface area contributed by atoms with Crippen LogP contribution in [0.4, 0.5) is 0 Å². The van der Waals surface area contributed by atoms with Crippen molar-refractivity contribution in [1.29, 1.82) is 0 Å². The topological polar surface area (TPSA) is 102 Å². The maximum absolute atomic E-state index is 10.7. The lowest BCUT2D eigenvalue weighted by Crippen LogP contribution is -2.32. The van der Waals surface area contributed by atoms with Gasteiger partial charge in [0.05, 0.1) is 0 Å². The fraction of sp³-hybridized carbons (Fsp3) is 0.727. The lowest BCUT2D eigenvalue weighted by atomic mass is 9.85. The van der Waals surface area contributed by atoms with Crippen LogP contribution >= 0.6 is 0 Å². The smallest absolute Gasteiger partial charge is 0.320 e. The maximum Gasteiger partial charge on any atom is 0.320 e. The Morgan fingerprint density at radius 2 is 2.12 bits per heavy atom. The Balaban J connectivity index is 2.07. The number of carboxylic acids is 1. The fourth-order valence-corrected chi connectivity index (χ4v) is 2.34. The largest absolute Gasteiger partial charge is 0.480 e. The van der Waals surface area contributed by atoms with Crippen molar-refractivity contribution in [3.8, 4) is 0 Å². The molecule has 6 nitrogen and oxygen atoms in total. The maximum atomic E-state index is 10.7. The highest BCUT2D eigenvalue weighted by molar-refractivity contribution is 5.73. The second kappa shape index (κ2) is 5.27. The Hall–Kier alpha value is -1.43. The lowest BCUT2D eigenvalue weighted by Gasteiger charge is -2.19. The molecule has 0 aromatic carbocycles. The Bertz CT molecular complexity index is 385. The Kier molecular flexibility index (Phi) is 3.73. The predicted molar refractivity (Wildman–Crippen MR) is 59.4 cm³/mol. The van der Waals surface area contributed by atoms with Gasteiger partial charge in [-0.15, -0.1) is 0 Å². The first-order valence-electron chi connectivity index (χ1n) is 5.98. The zero-order chi connectivity index (χ0) is 12.3. The third kappa shape index (κ3) is 2.82. The monoisotopic (exact) mass is 239 g/mol. The summed E-state index contributed by atoms with van der Waals surface area (Å²) in [4.78, 5) is 10.7. The standard InChI is InChI=1S/C11H17N3O3/c12-8(11(15)16)6-9-10(14-17-13-9)7-4-2-1-3-5-7/h7-8H,1-6,12H2,(H,15,16). The van der Waals surface area contributed by atoms with Crippen molar-refractivity contribution in [2.24, 2.45) is 5.73 Å². The van der Waals surface area contributed by atoms with Crippen LogP contribution in [0.5, 0.6) is 0 Å². The van der Waals surface area contributed by atoms with Crippen LogP contribution in [0.2, 0.25) is 0 Å². The highest BCUT2D eigenvalue weighted by Crippen LogP contribution is 2.33. The molecule has 17 heavy (non-hydrogen) atoms. The van der Waals surface area contributed by atoms with Crippen molar-refractivity contribution >= 4 is 5.97 Å². The molecule has 1 aromatic rings. The summed E-state index contributed by atoms with van der Waals surface area (Å²) in [5.41, 5.74) is 6.91. The average molecular weight is 239 g/mol. The van der Waals surface area contributed by atoms with E-state index in [-0.39, 0.29) is 6.42 Å². The van der Waals surface area contributed by atoms with Gasteiger partial charge in [-0.3, -0.25) is 4.79 Å². The van der Waals surface area contributed by atoms with Crippen LogP contribution in [0.15, 0.2) is 4.63 Å². The second-order valence-corrected chi connectivity index (χ2v) is 4.58. The number of aromatic nitrogens is 2. The molecule has 0 radical (unpaired) electrons. The van der Waals surface area contributed by atoms with Crippen molar-refractivity contribution in [1.82, 2.24) is 10.3 Å². The Labute approximate surface area is 99.1 Å². The molecule has 0 saturated heterocycles. The zero-order valence-electron chi connectivity index (χ0n) is 9.63. The molecule has 6 heteroatoms.